The van der Waals surface area contributed by atoms with Crippen molar-refractivity contribution in [3.05, 3.63) is 35.6 Å². The summed E-state index contributed by atoms with van der Waals surface area (Å²) in [6, 6.07) is 6.16. The minimum Gasteiger partial charge on any atom is -0.350 e. The number of anilines is 3. The summed E-state index contributed by atoms with van der Waals surface area (Å²) in [5, 5.41) is 7.34. The van der Waals surface area contributed by atoms with Crippen LogP contribution in [0.1, 0.15) is 5.56 Å². The van der Waals surface area contributed by atoms with Crippen molar-refractivity contribution >= 4 is 30.3 Å². The average molecular weight is 353 g/mol. The molecule has 0 bridgehead atoms. The maximum Gasteiger partial charge on any atom is 0.256 e. The Hall–Kier alpha value is -2.63. The molecule has 0 aliphatic rings. The summed E-state index contributed by atoms with van der Waals surface area (Å²) in [5.74, 6) is 3.17. The van der Waals surface area contributed by atoms with Crippen LogP contribution in [0.5, 0.6) is 0 Å². The molecule has 128 valence electrons. The Morgan fingerprint density at radius 1 is 1.17 bits per heavy atom. The van der Waals surface area contributed by atoms with E-state index in [0.717, 1.165) is 5.56 Å². The first-order chi connectivity index (χ1) is 11.1. The Morgan fingerprint density at radius 3 is 2.38 bits per heavy atom. The number of halogens is 2. The van der Waals surface area contributed by atoms with Gasteiger partial charge in [0.05, 0.1) is 13.7 Å². The summed E-state index contributed by atoms with van der Waals surface area (Å²) in [4.78, 5) is 17.7. The second-order valence-electron chi connectivity index (χ2n) is 4.50. The Morgan fingerprint density at radius 2 is 1.79 bits per heavy atom. The van der Waals surface area contributed by atoms with Crippen molar-refractivity contribution in [3.8, 4) is 12.3 Å². The third-order valence-corrected chi connectivity index (χ3v) is 2.89. The molecule has 1 aromatic carbocycles. The zero-order valence-electron chi connectivity index (χ0n) is 13.3. The molecule has 0 aliphatic carbocycles. The summed E-state index contributed by atoms with van der Waals surface area (Å²) < 4.78 is 12.9. The van der Waals surface area contributed by atoms with E-state index in [9.17, 15) is 4.39 Å². The first-order valence-corrected chi connectivity index (χ1v) is 6.82. The molecule has 0 saturated heterocycles. The molecule has 2 rings (SSSR count). The maximum atomic E-state index is 12.9. The first kappa shape index (κ1) is 19.4. The van der Waals surface area contributed by atoms with Crippen LogP contribution in [0.2, 0.25) is 0 Å². The fourth-order valence-corrected chi connectivity index (χ4v) is 1.66. The molecular formula is C15H18ClFN6O. The fourth-order valence-electron chi connectivity index (χ4n) is 1.66. The zero-order valence-corrected chi connectivity index (χ0v) is 14.1. The lowest BCUT2D eigenvalue weighted by Gasteiger charge is -2.15. The minimum atomic E-state index is -0.279. The van der Waals surface area contributed by atoms with Crippen molar-refractivity contribution in [2.75, 3.05) is 36.4 Å². The SMILES string of the molecule is C#CCNc1nc(NCc2ccc(F)cc2)nc(N(C)OC)n1.Cl. The maximum absolute atomic E-state index is 12.9. The summed E-state index contributed by atoms with van der Waals surface area (Å²) in [6.45, 7) is 0.729. The second-order valence-corrected chi connectivity index (χ2v) is 4.50. The molecule has 7 nitrogen and oxygen atoms in total. The predicted molar refractivity (Wildman–Crippen MR) is 93.5 cm³/mol. The monoisotopic (exact) mass is 352 g/mol. The van der Waals surface area contributed by atoms with Crippen LogP contribution in [0.4, 0.5) is 22.2 Å². The molecule has 0 spiro atoms. The highest BCUT2D eigenvalue weighted by atomic mass is 35.5. The molecule has 0 atom stereocenters. The Bertz CT molecular complexity index is 691. The number of nitrogens with zero attached hydrogens (tertiary/aromatic N) is 4. The van der Waals surface area contributed by atoms with Crippen molar-refractivity contribution in [2.45, 2.75) is 6.54 Å². The van der Waals surface area contributed by atoms with Crippen LogP contribution >= 0.6 is 12.4 Å². The normalized spacial score (nSPS) is 9.58. The lowest BCUT2D eigenvalue weighted by Crippen LogP contribution is -2.20. The predicted octanol–water partition coefficient (Wildman–Crippen LogP) is 2.09. The number of hydrogen-bond donors (Lipinski definition) is 2. The summed E-state index contributed by atoms with van der Waals surface area (Å²) in [5.41, 5.74) is 0.895. The van der Waals surface area contributed by atoms with Crippen LogP contribution in [0.25, 0.3) is 0 Å². The number of rotatable bonds is 7. The average Bonchev–Trinajstić information content (AvgIpc) is 2.58. The van der Waals surface area contributed by atoms with Gasteiger partial charge in [0.1, 0.15) is 5.82 Å². The van der Waals surface area contributed by atoms with E-state index in [1.165, 1.54) is 24.3 Å². The standard InChI is InChI=1S/C15H17FN6O.ClH/c1-4-9-17-13-19-14(21-15(20-13)22(2)23-3)18-10-11-5-7-12(16)8-6-11;/h1,5-8H,9-10H2,2-3H3,(H2,17,18,19,20,21);1H. The molecule has 0 amide bonds. The van der Waals surface area contributed by atoms with Gasteiger partial charge in [0.15, 0.2) is 0 Å². The van der Waals surface area contributed by atoms with E-state index in [-0.39, 0.29) is 24.8 Å². The molecule has 1 aromatic heterocycles. The van der Waals surface area contributed by atoms with Gasteiger partial charge in [-0.25, -0.2) is 9.45 Å². The first-order valence-electron chi connectivity index (χ1n) is 6.82. The highest BCUT2D eigenvalue weighted by molar-refractivity contribution is 5.85. The smallest absolute Gasteiger partial charge is 0.256 e. The fraction of sp³-hybridized carbons (Fsp3) is 0.267. The number of nitrogens with one attached hydrogen (secondary N) is 2. The van der Waals surface area contributed by atoms with Crippen LogP contribution in [0.15, 0.2) is 24.3 Å². The summed E-state index contributed by atoms with van der Waals surface area (Å²) >= 11 is 0. The molecule has 9 heteroatoms. The molecular weight excluding hydrogens is 335 g/mol. The number of hydroxylamine groups is 1. The summed E-state index contributed by atoms with van der Waals surface area (Å²) in [6.07, 6.45) is 5.22. The lowest BCUT2D eigenvalue weighted by molar-refractivity contribution is 0.180. The van der Waals surface area contributed by atoms with Crippen molar-refractivity contribution in [1.29, 1.82) is 0 Å². The zero-order chi connectivity index (χ0) is 16.7. The molecule has 0 saturated carbocycles. The van der Waals surface area contributed by atoms with Gasteiger partial charge in [-0.05, 0) is 17.7 Å². The lowest BCUT2D eigenvalue weighted by atomic mass is 10.2. The molecule has 1 heterocycles. The van der Waals surface area contributed by atoms with E-state index in [4.69, 9.17) is 11.3 Å². The molecule has 0 radical (unpaired) electrons. The Kier molecular flexibility index (Phi) is 7.68. The van der Waals surface area contributed by atoms with Gasteiger partial charge in [-0.2, -0.15) is 15.0 Å². The number of aromatic nitrogens is 3. The van der Waals surface area contributed by atoms with E-state index >= 15 is 0 Å². The van der Waals surface area contributed by atoms with E-state index in [0.29, 0.717) is 24.4 Å². The van der Waals surface area contributed by atoms with Gasteiger partial charge in [0, 0.05) is 13.6 Å². The van der Waals surface area contributed by atoms with Crippen LogP contribution in [0.3, 0.4) is 0 Å². The van der Waals surface area contributed by atoms with Gasteiger partial charge >= 0.3 is 0 Å². The summed E-state index contributed by atoms with van der Waals surface area (Å²) in [7, 11) is 3.17. The van der Waals surface area contributed by atoms with Gasteiger partial charge in [-0.3, -0.25) is 4.84 Å². The van der Waals surface area contributed by atoms with Crippen LogP contribution in [-0.4, -0.2) is 35.7 Å². The molecule has 2 aromatic rings. The van der Waals surface area contributed by atoms with Crippen LogP contribution in [-0.2, 0) is 11.4 Å². The number of benzene rings is 1. The van der Waals surface area contributed by atoms with Crippen LogP contribution < -0.4 is 15.7 Å². The van der Waals surface area contributed by atoms with E-state index in [2.05, 4.69) is 31.5 Å². The van der Waals surface area contributed by atoms with E-state index in [1.54, 1.807) is 19.2 Å². The van der Waals surface area contributed by atoms with Crippen molar-refractivity contribution < 1.29 is 9.23 Å². The van der Waals surface area contributed by atoms with Crippen molar-refractivity contribution in [3.63, 3.8) is 0 Å². The molecule has 2 N–H and O–H groups in total. The molecule has 24 heavy (non-hydrogen) atoms. The van der Waals surface area contributed by atoms with Crippen molar-refractivity contribution in [2.24, 2.45) is 0 Å². The second kappa shape index (κ2) is 9.50. The highest BCUT2D eigenvalue weighted by Gasteiger charge is 2.10. The Balaban J connectivity index is 0.00000288. The van der Waals surface area contributed by atoms with Crippen molar-refractivity contribution in [1.82, 2.24) is 15.0 Å². The largest absolute Gasteiger partial charge is 0.350 e. The minimum absolute atomic E-state index is 0. The topological polar surface area (TPSA) is 75.2 Å². The Labute approximate surface area is 146 Å². The highest BCUT2D eigenvalue weighted by Crippen LogP contribution is 2.13. The molecule has 0 aliphatic heterocycles. The van der Waals surface area contributed by atoms with Crippen LogP contribution in [0, 0.1) is 18.2 Å². The van der Waals surface area contributed by atoms with E-state index in [1.807, 2.05) is 0 Å². The quantitative estimate of drug-likeness (QED) is 0.583. The van der Waals surface area contributed by atoms with Gasteiger partial charge < -0.3 is 10.6 Å². The van der Waals surface area contributed by atoms with Gasteiger partial charge in [0.2, 0.25) is 11.9 Å². The van der Waals surface area contributed by atoms with Gasteiger partial charge in [0.25, 0.3) is 5.95 Å². The third-order valence-electron chi connectivity index (χ3n) is 2.89. The third kappa shape index (κ3) is 5.53. The van der Waals surface area contributed by atoms with Gasteiger partial charge in [-0.1, -0.05) is 18.1 Å². The van der Waals surface area contributed by atoms with Gasteiger partial charge in [-0.15, -0.1) is 18.8 Å². The van der Waals surface area contributed by atoms with E-state index < -0.39 is 0 Å². The number of hydrogen-bond acceptors (Lipinski definition) is 7. The molecule has 0 unspecified atom stereocenters. The molecule has 0 fully saturated rings. The number of terminal acetylenes is 1.